The number of para-hydroxylation sites is 1. The van der Waals surface area contributed by atoms with E-state index in [1.54, 1.807) is 29.2 Å². The third-order valence-corrected chi connectivity index (χ3v) is 7.12. The smallest absolute Gasteiger partial charge is 0.413 e. The first-order chi connectivity index (χ1) is 16.5. The van der Waals surface area contributed by atoms with Crippen molar-refractivity contribution in [1.29, 1.82) is 0 Å². The molecule has 1 aliphatic rings. The van der Waals surface area contributed by atoms with Crippen molar-refractivity contribution in [3.8, 4) is 11.5 Å². The third-order valence-electron chi connectivity index (χ3n) is 5.82. The molecule has 0 N–H and O–H groups in total. The summed E-state index contributed by atoms with van der Waals surface area (Å²) in [4.78, 5) is 15.1. The first kappa shape index (κ1) is 24.9. The van der Waals surface area contributed by atoms with Crippen molar-refractivity contribution >= 4 is 21.6 Å². The summed E-state index contributed by atoms with van der Waals surface area (Å²) in [5.74, 6) is -2.11. The molecule has 12 heteroatoms. The molecule has 186 valence electrons. The van der Waals surface area contributed by atoms with Crippen molar-refractivity contribution in [1.82, 2.24) is 14.5 Å². The van der Waals surface area contributed by atoms with Crippen LogP contribution in [0.15, 0.2) is 59.0 Å². The van der Waals surface area contributed by atoms with Gasteiger partial charge in [0.05, 0.1) is 12.8 Å². The summed E-state index contributed by atoms with van der Waals surface area (Å²) in [6.45, 7) is 0.806. The van der Waals surface area contributed by atoms with Crippen LogP contribution >= 0.6 is 0 Å². The molecule has 2 aromatic carbocycles. The van der Waals surface area contributed by atoms with E-state index in [-0.39, 0.29) is 37.4 Å². The van der Waals surface area contributed by atoms with Crippen LogP contribution in [0.4, 0.5) is 18.9 Å². The van der Waals surface area contributed by atoms with E-state index < -0.39 is 22.1 Å². The van der Waals surface area contributed by atoms with Crippen molar-refractivity contribution in [3.05, 3.63) is 66.1 Å². The van der Waals surface area contributed by atoms with E-state index in [9.17, 15) is 26.4 Å². The number of hydrogen-bond acceptors (Lipinski definition) is 6. The first-order valence-corrected chi connectivity index (χ1v) is 12.7. The van der Waals surface area contributed by atoms with Gasteiger partial charge in [-0.25, -0.2) is 12.7 Å². The van der Waals surface area contributed by atoms with E-state index in [0.717, 1.165) is 11.8 Å². The van der Waals surface area contributed by atoms with Crippen LogP contribution in [0.5, 0.6) is 0 Å². The number of anilines is 1. The molecular weight excluding hydrogens is 485 g/mol. The molecule has 1 saturated heterocycles. The molecule has 1 aliphatic heterocycles. The number of nitrogens with zero attached hydrogens (tertiary/aromatic N) is 4. The van der Waals surface area contributed by atoms with Gasteiger partial charge in [-0.2, -0.15) is 13.2 Å². The molecular formula is C23H23F3N4O4S. The number of alkyl halides is 3. The second-order valence-corrected chi connectivity index (χ2v) is 10.3. The molecule has 3 aromatic rings. The highest BCUT2D eigenvalue weighted by Crippen LogP contribution is 2.31. The molecule has 35 heavy (non-hydrogen) atoms. The van der Waals surface area contributed by atoms with Gasteiger partial charge >= 0.3 is 12.1 Å². The van der Waals surface area contributed by atoms with Gasteiger partial charge in [0.2, 0.25) is 21.8 Å². The van der Waals surface area contributed by atoms with E-state index in [1.165, 1.54) is 4.31 Å². The average Bonchev–Trinajstić information content (AvgIpc) is 3.34. The maximum Gasteiger partial charge on any atom is 0.470 e. The second-order valence-electron chi connectivity index (χ2n) is 8.30. The lowest BCUT2D eigenvalue weighted by Gasteiger charge is -2.33. The molecule has 1 fully saturated rings. The summed E-state index contributed by atoms with van der Waals surface area (Å²) in [5.41, 5.74) is 1.76. The molecule has 0 bridgehead atoms. The number of sulfonamides is 1. The molecule has 0 spiro atoms. The normalized spacial score (nSPS) is 15.8. The minimum atomic E-state index is -4.72. The molecule has 1 amide bonds. The van der Waals surface area contributed by atoms with Crippen molar-refractivity contribution in [2.24, 2.45) is 5.92 Å². The maximum absolute atomic E-state index is 13.5. The van der Waals surface area contributed by atoms with Crippen LogP contribution in [0.1, 0.15) is 24.3 Å². The average molecular weight is 509 g/mol. The minimum absolute atomic E-state index is 0.111. The van der Waals surface area contributed by atoms with E-state index in [1.807, 2.05) is 30.3 Å². The number of carbonyl (C=O) groups is 1. The Morgan fingerprint density at radius 3 is 2.23 bits per heavy atom. The Morgan fingerprint density at radius 1 is 1.06 bits per heavy atom. The maximum atomic E-state index is 13.5. The lowest BCUT2D eigenvalue weighted by Crippen LogP contribution is -2.44. The molecule has 0 aliphatic carbocycles. The minimum Gasteiger partial charge on any atom is -0.413 e. The summed E-state index contributed by atoms with van der Waals surface area (Å²) in [5, 5.41) is 6.49. The highest BCUT2D eigenvalue weighted by atomic mass is 32.2. The van der Waals surface area contributed by atoms with Crippen LogP contribution in [0.25, 0.3) is 11.5 Å². The number of halogens is 3. The summed E-state index contributed by atoms with van der Waals surface area (Å²) in [7, 11) is -3.30. The molecule has 0 atom stereocenters. The Bertz CT molecular complexity index is 1270. The fraction of sp³-hybridized carbons (Fsp3) is 0.348. The zero-order valence-corrected chi connectivity index (χ0v) is 19.6. The Balaban J connectivity index is 1.51. The predicted octanol–water partition coefficient (Wildman–Crippen LogP) is 3.96. The quantitative estimate of drug-likeness (QED) is 0.500. The van der Waals surface area contributed by atoms with Crippen LogP contribution in [0.2, 0.25) is 0 Å². The number of hydrogen-bond donors (Lipinski definition) is 0. The monoisotopic (exact) mass is 508 g/mol. The number of benzene rings is 2. The third kappa shape index (κ3) is 5.88. The number of aromatic nitrogens is 2. The Hall–Kier alpha value is -3.25. The topological polar surface area (TPSA) is 96.6 Å². The zero-order valence-electron chi connectivity index (χ0n) is 18.8. The van der Waals surface area contributed by atoms with Crippen LogP contribution < -0.4 is 4.90 Å². The van der Waals surface area contributed by atoms with Crippen molar-refractivity contribution in [2.45, 2.75) is 25.6 Å². The second kappa shape index (κ2) is 9.78. The summed E-state index contributed by atoms with van der Waals surface area (Å²) in [6.07, 6.45) is -2.72. The summed E-state index contributed by atoms with van der Waals surface area (Å²) in [6, 6.07) is 15.6. The van der Waals surface area contributed by atoms with Crippen LogP contribution in [-0.2, 0) is 27.5 Å². The van der Waals surface area contributed by atoms with Gasteiger partial charge in [0.25, 0.3) is 0 Å². The van der Waals surface area contributed by atoms with Gasteiger partial charge < -0.3 is 9.32 Å². The van der Waals surface area contributed by atoms with Gasteiger partial charge in [-0.05, 0) is 42.7 Å². The van der Waals surface area contributed by atoms with Gasteiger partial charge in [0, 0.05) is 30.3 Å². The van der Waals surface area contributed by atoms with Gasteiger partial charge in [0.15, 0.2) is 0 Å². The lowest BCUT2D eigenvalue weighted by molar-refractivity contribution is -0.157. The number of carbonyl (C=O) groups excluding carboxylic acids is 1. The summed E-state index contributed by atoms with van der Waals surface area (Å²) >= 11 is 0. The lowest BCUT2D eigenvalue weighted by atomic mass is 9.96. The molecule has 1 aromatic heterocycles. The van der Waals surface area contributed by atoms with Crippen molar-refractivity contribution in [2.75, 3.05) is 24.2 Å². The van der Waals surface area contributed by atoms with E-state index in [2.05, 4.69) is 10.2 Å². The molecule has 4 rings (SSSR count). The Kier molecular flexibility index (Phi) is 6.95. The van der Waals surface area contributed by atoms with Gasteiger partial charge in [0.1, 0.15) is 0 Å². The first-order valence-electron chi connectivity index (χ1n) is 10.8. The molecule has 0 unspecified atom stereocenters. The molecule has 0 radical (unpaired) electrons. The molecule has 0 saturated carbocycles. The standard InChI is InChI=1S/C23H23F3N4O4S/c1-35(32,33)29-13-11-18(12-14-29)21(31)30(19-5-3-2-4-6-19)15-16-7-9-17(10-8-16)20-27-28-22(34-20)23(24,25)26/h2-10,18H,11-15H2,1H3. The largest absolute Gasteiger partial charge is 0.470 e. The van der Waals surface area contributed by atoms with Gasteiger partial charge in [-0.3, -0.25) is 4.79 Å². The van der Waals surface area contributed by atoms with E-state index >= 15 is 0 Å². The van der Waals surface area contributed by atoms with E-state index in [4.69, 9.17) is 4.42 Å². The fourth-order valence-electron chi connectivity index (χ4n) is 3.95. The van der Waals surface area contributed by atoms with Gasteiger partial charge in [-0.15, -0.1) is 10.2 Å². The fourth-order valence-corrected chi connectivity index (χ4v) is 4.82. The number of amides is 1. The van der Waals surface area contributed by atoms with Gasteiger partial charge in [-0.1, -0.05) is 30.3 Å². The van der Waals surface area contributed by atoms with Crippen molar-refractivity contribution in [3.63, 3.8) is 0 Å². The molecule has 2 heterocycles. The SMILES string of the molecule is CS(=O)(=O)N1CCC(C(=O)N(Cc2ccc(-c3nnc(C(F)(F)F)o3)cc2)c2ccccc2)CC1. The zero-order chi connectivity index (χ0) is 25.2. The summed E-state index contributed by atoms with van der Waals surface area (Å²) < 4.78 is 67.9. The number of rotatable bonds is 6. The number of piperidine rings is 1. The Labute approximate surface area is 200 Å². The predicted molar refractivity (Wildman–Crippen MR) is 122 cm³/mol. The Morgan fingerprint density at radius 2 is 1.69 bits per heavy atom. The van der Waals surface area contributed by atoms with Crippen LogP contribution in [0.3, 0.4) is 0 Å². The highest BCUT2D eigenvalue weighted by molar-refractivity contribution is 7.88. The van der Waals surface area contributed by atoms with E-state index in [0.29, 0.717) is 24.1 Å². The van der Waals surface area contributed by atoms with Crippen molar-refractivity contribution < 1.29 is 30.8 Å². The van der Waals surface area contributed by atoms with Crippen LogP contribution in [-0.4, -0.2) is 48.2 Å². The highest BCUT2D eigenvalue weighted by Gasteiger charge is 2.38. The molecule has 8 nitrogen and oxygen atoms in total. The van der Waals surface area contributed by atoms with Crippen LogP contribution in [0, 0.1) is 5.92 Å².